The average molecular weight is 388 g/mol. The van der Waals surface area contributed by atoms with E-state index in [9.17, 15) is 14.9 Å². The zero-order chi connectivity index (χ0) is 20.6. The van der Waals surface area contributed by atoms with Crippen molar-refractivity contribution in [2.45, 2.75) is 0 Å². The predicted octanol–water partition coefficient (Wildman–Crippen LogP) is 3.66. The minimum Gasteiger partial charge on any atom is -0.484 e. The van der Waals surface area contributed by atoms with Gasteiger partial charge >= 0.3 is 0 Å². The first-order chi connectivity index (χ1) is 14.0. The van der Waals surface area contributed by atoms with E-state index in [1.54, 1.807) is 24.3 Å². The number of nitrogens with one attached hydrogen (secondary N) is 2. The molecule has 0 spiro atoms. The summed E-state index contributed by atoms with van der Waals surface area (Å²) in [7, 11) is 0. The van der Waals surface area contributed by atoms with E-state index in [2.05, 4.69) is 16.9 Å². The van der Waals surface area contributed by atoms with Crippen LogP contribution in [0.3, 0.4) is 0 Å². The second kappa shape index (κ2) is 9.01. The summed E-state index contributed by atoms with van der Waals surface area (Å²) in [4.78, 5) is 22.0. The Balaban J connectivity index is 1.48. The molecule has 0 unspecified atom stereocenters. The summed E-state index contributed by atoms with van der Waals surface area (Å²) in [5.41, 5.74) is 8.13. The zero-order valence-electron chi connectivity index (χ0n) is 15.2. The lowest BCUT2D eigenvalue weighted by Gasteiger charge is -2.10. The lowest BCUT2D eigenvalue weighted by molar-refractivity contribution is -0.384. The van der Waals surface area contributed by atoms with E-state index < -0.39 is 10.8 Å². The quantitative estimate of drug-likeness (QED) is 0.471. The molecule has 0 fully saturated rings. The summed E-state index contributed by atoms with van der Waals surface area (Å²) >= 11 is 0. The Labute approximate surface area is 166 Å². The Bertz CT molecular complexity index is 1040. The molecule has 0 heterocycles. The number of amides is 1. The molecule has 0 bridgehead atoms. The van der Waals surface area contributed by atoms with Gasteiger partial charge in [0.05, 0.1) is 22.2 Å². The number of nitro benzene ring substituents is 1. The third-order valence-corrected chi connectivity index (χ3v) is 4.00. The van der Waals surface area contributed by atoms with Gasteiger partial charge in [-0.15, -0.1) is 0 Å². The molecule has 2 N–H and O–H groups in total. The molecule has 0 atom stereocenters. The molecule has 144 valence electrons. The third kappa shape index (κ3) is 5.30. The molecule has 0 saturated heterocycles. The number of nitriles is 1. The van der Waals surface area contributed by atoms with Crippen molar-refractivity contribution in [3.8, 4) is 22.9 Å². The van der Waals surface area contributed by atoms with Gasteiger partial charge in [0.15, 0.2) is 6.61 Å². The van der Waals surface area contributed by atoms with Crippen LogP contribution in [0, 0.1) is 21.4 Å². The molecule has 1 amide bonds. The molecular formula is C21H16N4O4. The number of carbonyl (C=O) groups is 1. The van der Waals surface area contributed by atoms with Crippen LogP contribution in [0.4, 0.5) is 11.4 Å². The van der Waals surface area contributed by atoms with Crippen LogP contribution in [0.25, 0.3) is 11.1 Å². The Hall–Kier alpha value is -4.38. The second-order valence-corrected chi connectivity index (χ2v) is 5.98. The van der Waals surface area contributed by atoms with E-state index in [0.717, 1.165) is 11.1 Å². The van der Waals surface area contributed by atoms with Crippen LogP contribution in [-0.2, 0) is 4.79 Å². The smallest absolute Gasteiger partial charge is 0.276 e. The van der Waals surface area contributed by atoms with Crippen LogP contribution >= 0.6 is 0 Å². The van der Waals surface area contributed by atoms with Crippen LogP contribution in [0.15, 0.2) is 72.8 Å². The van der Waals surface area contributed by atoms with Crippen LogP contribution in [0.1, 0.15) is 5.56 Å². The maximum Gasteiger partial charge on any atom is 0.276 e. The predicted molar refractivity (Wildman–Crippen MR) is 107 cm³/mol. The van der Waals surface area contributed by atoms with Crippen molar-refractivity contribution in [1.29, 1.82) is 5.26 Å². The SMILES string of the molecule is N#Cc1ccc(-c2ccc(OCC(=O)NNc3ccc([N+](=O)[O-])cc3)cc2)cc1. The molecule has 0 aromatic heterocycles. The van der Waals surface area contributed by atoms with Gasteiger partial charge in [0.2, 0.25) is 0 Å². The highest BCUT2D eigenvalue weighted by Crippen LogP contribution is 2.22. The number of hydrazine groups is 1. The normalized spacial score (nSPS) is 9.90. The van der Waals surface area contributed by atoms with Gasteiger partial charge in [-0.25, -0.2) is 0 Å². The minimum absolute atomic E-state index is 0.0327. The van der Waals surface area contributed by atoms with Gasteiger partial charge < -0.3 is 4.74 Å². The van der Waals surface area contributed by atoms with E-state index in [0.29, 0.717) is 17.0 Å². The topological polar surface area (TPSA) is 117 Å². The molecule has 0 radical (unpaired) electrons. The van der Waals surface area contributed by atoms with Gasteiger partial charge in [-0.3, -0.25) is 25.8 Å². The Morgan fingerprint density at radius 1 is 0.966 bits per heavy atom. The number of hydrogen-bond donors (Lipinski definition) is 2. The number of nitro groups is 1. The molecule has 3 rings (SSSR count). The number of rotatable bonds is 7. The number of anilines is 1. The summed E-state index contributed by atoms with van der Waals surface area (Å²) in [6.45, 7) is -0.198. The van der Waals surface area contributed by atoms with Gasteiger partial charge in [-0.1, -0.05) is 24.3 Å². The van der Waals surface area contributed by atoms with Crippen LogP contribution in [0.2, 0.25) is 0 Å². The van der Waals surface area contributed by atoms with Crippen LogP contribution in [-0.4, -0.2) is 17.4 Å². The Morgan fingerprint density at radius 3 is 2.10 bits per heavy atom. The van der Waals surface area contributed by atoms with Gasteiger partial charge in [-0.05, 0) is 47.5 Å². The molecular weight excluding hydrogens is 372 g/mol. The molecule has 8 nitrogen and oxygen atoms in total. The van der Waals surface area contributed by atoms with Crippen molar-refractivity contribution < 1.29 is 14.5 Å². The van der Waals surface area contributed by atoms with Crippen molar-refractivity contribution in [2.75, 3.05) is 12.0 Å². The maximum atomic E-state index is 11.9. The first-order valence-electron chi connectivity index (χ1n) is 8.58. The van der Waals surface area contributed by atoms with Crippen molar-refractivity contribution in [1.82, 2.24) is 5.43 Å². The van der Waals surface area contributed by atoms with Gasteiger partial charge in [-0.2, -0.15) is 5.26 Å². The van der Waals surface area contributed by atoms with Gasteiger partial charge in [0.1, 0.15) is 5.75 Å². The summed E-state index contributed by atoms with van der Waals surface area (Å²) < 4.78 is 5.45. The summed E-state index contributed by atoms with van der Waals surface area (Å²) in [6.07, 6.45) is 0. The standard InChI is InChI=1S/C21H16N4O4/c22-13-15-1-3-16(4-2-15)17-5-11-20(12-6-17)29-14-21(26)24-23-18-7-9-19(10-8-18)25(27)28/h1-12,23H,14H2,(H,24,26). The fourth-order valence-corrected chi connectivity index (χ4v) is 2.47. The summed E-state index contributed by atoms with van der Waals surface area (Å²) in [5, 5.41) is 19.5. The number of non-ortho nitro benzene ring substituents is 1. The zero-order valence-corrected chi connectivity index (χ0v) is 15.2. The minimum atomic E-state index is -0.497. The molecule has 0 saturated carbocycles. The molecule has 3 aromatic rings. The Morgan fingerprint density at radius 2 is 1.55 bits per heavy atom. The fourth-order valence-electron chi connectivity index (χ4n) is 2.47. The molecule has 29 heavy (non-hydrogen) atoms. The highest BCUT2D eigenvalue weighted by molar-refractivity contribution is 5.79. The van der Waals surface area contributed by atoms with Gasteiger partial charge in [0.25, 0.3) is 11.6 Å². The molecule has 8 heteroatoms. The number of carbonyl (C=O) groups excluding carboxylic acids is 1. The molecule has 0 aliphatic rings. The number of hydrogen-bond acceptors (Lipinski definition) is 6. The molecule has 0 aliphatic heterocycles. The monoisotopic (exact) mass is 388 g/mol. The molecule has 3 aromatic carbocycles. The largest absolute Gasteiger partial charge is 0.484 e. The van der Waals surface area contributed by atoms with Crippen molar-refractivity contribution in [2.24, 2.45) is 0 Å². The van der Waals surface area contributed by atoms with Crippen molar-refractivity contribution in [3.63, 3.8) is 0 Å². The highest BCUT2D eigenvalue weighted by Gasteiger charge is 2.06. The number of nitrogens with zero attached hydrogens (tertiary/aromatic N) is 2. The molecule has 0 aliphatic carbocycles. The van der Waals surface area contributed by atoms with E-state index in [4.69, 9.17) is 10.00 Å². The van der Waals surface area contributed by atoms with E-state index in [1.807, 2.05) is 24.3 Å². The summed E-state index contributed by atoms with van der Waals surface area (Å²) in [5.74, 6) is 0.132. The highest BCUT2D eigenvalue weighted by atomic mass is 16.6. The second-order valence-electron chi connectivity index (χ2n) is 5.98. The van der Waals surface area contributed by atoms with E-state index in [1.165, 1.54) is 24.3 Å². The van der Waals surface area contributed by atoms with E-state index >= 15 is 0 Å². The summed E-state index contributed by atoms with van der Waals surface area (Å²) in [6, 6.07) is 22.2. The number of benzene rings is 3. The lowest BCUT2D eigenvalue weighted by atomic mass is 10.0. The van der Waals surface area contributed by atoms with Crippen LogP contribution in [0.5, 0.6) is 5.75 Å². The van der Waals surface area contributed by atoms with E-state index in [-0.39, 0.29) is 12.3 Å². The third-order valence-electron chi connectivity index (χ3n) is 4.00. The van der Waals surface area contributed by atoms with Gasteiger partial charge in [0, 0.05) is 12.1 Å². The van der Waals surface area contributed by atoms with Crippen molar-refractivity contribution >= 4 is 17.3 Å². The first kappa shape index (κ1) is 19.4. The fraction of sp³-hybridized carbons (Fsp3) is 0.0476. The van der Waals surface area contributed by atoms with Crippen molar-refractivity contribution in [3.05, 3.63) is 88.5 Å². The van der Waals surface area contributed by atoms with Crippen LogP contribution < -0.4 is 15.6 Å². The lowest BCUT2D eigenvalue weighted by Crippen LogP contribution is -2.33. The Kier molecular flexibility index (Phi) is 6.02. The maximum absolute atomic E-state index is 11.9. The number of ether oxygens (including phenoxy) is 1. The average Bonchev–Trinajstić information content (AvgIpc) is 2.77. The first-order valence-corrected chi connectivity index (χ1v) is 8.58.